The van der Waals surface area contributed by atoms with Crippen LogP contribution in [-0.4, -0.2) is 36.3 Å². The van der Waals surface area contributed by atoms with Crippen LogP contribution in [0.3, 0.4) is 0 Å². The Balaban J connectivity index is 2.89. The molecule has 1 N–H and O–H groups in total. The Morgan fingerprint density at radius 3 is 2.04 bits per heavy atom. The fourth-order valence-electron chi connectivity index (χ4n) is 2.99. The average Bonchev–Trinajstić information content (AvgIpc) is 2.50. The second kappa shape index (κ2) is 9.20. The first-order valence-electron chi connectivity index (χ1n) is 8.94. The van der Waals surface area contributed by atoms with Gasteiger partial charge in [-0.25, -0.2) is 4.79 Å². The number of hydrogen-bond donors (Lipinski definition) is 1. The first-order chi connectivity index (χ1) is 11.6. The van der Waals surface area contributed by atoms with Crippen molar-refractivity contribution in [2.24, 2.45) is 0 Å². The first-order valence-corrected chi connectivity index (χ1v) is 12.5. The number of carbonyl (C=O) groups is 1. The summed E-state index contributed by atoms with van der Waals surface area (Å²) >= 11 is 0. The fourth-order valence-corrected chi connectivity index (χ4v) is 4.78. The van der Waals surface area contributed by atoms with Crippen LogP contribution in [0.2, 0.25) is 25.2 Å². The molecule has 0 heterocycles. The normalized spacial score (nSPS) is 14.8. The summed E-state index contributed by atoms with van der Waals surface area (Å²) in [5.74, 6) is 0. The number of carbonyl (C=O) groups excluding carboxylic acids is 1. The van der Waals surface area contributed by atoms with Crippen molar-refractivity contribution in [3.63, 3.8) is 0 Å². The number of aliphatic hydroxyl groups excluding tert-OH is 1. The summed E-state index contributed by atoms with van der Waals surface area (Å²) in [5, 5.41) is 10.8. The van der Waals surface area contributed by atoms with Crippen LogP contribution in [0.25, 0.3) is 0 Å². The second-order valence-electron chi connectivity index (χ2n) is 8.05. The Hall–Kier alpha value is -1.59. The van der Waals surface area contributed by atoms with Crippen molar-refractivity contribution in [3.8, 4) is 0 Å². The van der Waals surface area contributed by atoms with E-state index in [2.05, 4.69) is 19.6 Å². The average molecular weight is 364 g/mol. The minimum atomic E-state index is -1.72. The largest absolute Gasteiger partial charge is 0.418 e. The van der Waals surface area contributed by atoms with E-state index in [1.807, 2.05) is 64.1 Å². The number of benzene rings is 1. The number of aliphatic hydroxyl groups is 1. The number of ether oxygens (including phenoxy) is 1. The zero-order chi connectivity index (χ0) is 19.2. The minimum absolute atomic E-state index is 0.0470. The van der Waals surface area contributed by atoms with E-state index in [1.165, 1.54) is 6.26 Å². The highest BCUT2D eigenvalue weighted by atomic mass is 28.3. The zero-order valence-electron chi connectivity index (χ0n) is 16.6. The van der Waals surface area contributed by atoms with E-state index in [-0.39, 0.29) is 23.7 Å². The van der Waals surface area contributed by atoms with Gasteiger partial charge < -0.3 is 14.7 Å². The molecule has 0 fully saturated rings. The van der Waals surface area contributed by atoms with E-state index in [1.54, 1.807) is 4.90 Å². The zero-order valence-corrected chi connectivity index (χ0v) is 17.6. The second-order valence-corrected chi connectivity index (χ2v) is 13.5. The molecule has 1 aromatic carbocycles. The molecule has 4 nitrogen and oxygen atoms in total. The summed E-state index contributed by atoms with van der Waals surface area (Å²) in [7, 11) is -1.72. The third-order valence-electron chi connectivity index (χ3n) is 4.26. The van der Waals surface area contributed by atoms with Crippen LogP contribution < -0.4 is 0 Å². The van der Waals surface area contributed by atoms with E-state index in [9.17, 15) is 9.90 Å². The highest BCUT2D eigenvalue weighted by Crippen LogP contribution is 2.36. The summed E-state index contributed by atoms with van der Waals surface area (Å²) in [4.78, 5) is 14.0. The van der Waals surface area contributed by atoms with Crippen molar-refractivity contribution < 1.29 is 14.6 Å². The highest BCUT2D eigenvalue weighted by molar-refractivity contribution is 6.78. The molecule has 1 amide bonds. The van der Waals surface area contributed by atoms with Gasteiger partial charge in [0.2, 0.25) is 0 Å². The van der Waals surface area contributed by atoms with Gasteiger partial charge in [-0.05, 0) is 39.3 Å². The first kappa shape index (κ1) is 21.4. The fraction of sp³-hybridized carbons (Fsp3) is 0.550. The number of rotatable bonds is 7. The van der Waals surface area contributed by atoms with Crippen LogP contribution >= 0.6 is 0 Å². The lowest BCUT2D eigenvalue weighted by Gasteiger charge is -2.31. The Morgan fingerprint density at radius 2 is 1.60 bits per heavy atom. The molecule has 0 saturated heterocycles. The molecule has 0 saturated carbocycles. The van der Waals surface area contributed by atoms with E-state index in [0.717, 1.165) is 5.56 Å². The van der Waals surface area contributed by atoms with Crippen LogP contribution in [0.4, 0.5) is 4.79 Å². The van der Waals surface area contributed by atoms with Crippen molar-refractivity contribution in [2.75, 3.05) is 0 Å². The molecule has 1 rings (SSSR count). The molecule has 0 aromatic heterocycles. The molecule has 0 bridgehead atoms. The Kier molecular flexibility index (Phi) is 7.89. The maximum atomic E-state index is 12.3. The molecule has 1 aromatic rings. The van der Waals surface area contributed by atoms with Gasteiger partial charge in [0.1, 0.15) is 0 Å². The topological polar surface area (TPSA) is 49.8 Å². The third kappa shape index (κ3) is 6.33. The Morgan fingerprint density at radius 1 is 1.08 bits per heavy atom. The van der Waals surface area contributed by atoms with Crippen molar-refractivity contribution >= 4 is 14.2 Å². The predicted octanol–water partition coefficient (Wildman–Crippen LogP) is 5.20. The molecule has 5 heteroatoms. The summed E-state index contributed by atoms with van der Waals surface area (Å²) in [6.45, 7) is 14.5. The summed E-state index contributed by atoms with van der Waals surface area (Å²) < 4.78 is 5.36. The Labute approximate surface area is 153 Å². The maximum Gasteiger partial charge on any atom is 0.415 e. The van der Waals surface area contributed by atoms with Gasteiger partial charge in [0, 0.05) is 17.6 Å². The molecule has 0 aliphatic heterocycles. The van der Waals surface area contributed by atoms with E-state index >= 15 is 0 Å². The van der Waals surface area contributed by atoms with Gasteiger partial charge in [0.05, 0.1) is 20.4 Å². The van der Waals surface area contributed by atoms with Crippen LogP contribution in [0.1, 0.15) is 39.4 Å². The van der Waals surface area contributed by atoms with Gasteiger partial charge >= 0.3 is 6.09 Å². The van der Waals surface area contributed by atoms with Crippen molar-refractivity contribution in [1.29, 1.82) is 0 Å². The van der Waals surface area contributed by atoms with Crippen molar-refractivity contribution in [3.05, 3.63) is 48.2 Å². The quantitative estimate of drug-likeness (QED) is 0.535. The van der Waals surface area contributed by atoms with Crippen LogP contribution in [0.5, 0.6) is 0 Å². The molecule has 0 spiro atoms. The van der Waals surface area contributed by atoms with Crippen molar-refractivity contribution in [2.45, 2.75) is 71.1 Å². The van der Waals surface area contributed by atoms with Crippen LogP contribution in [0.15, 0.2) is 42.7 Å². The molecule has 0 unspecified atom stereocenters. The smallest absolute Gasteiger partial charge is 0.415 e. The third-order valence-corrected chi connectivity index (χ3v) is 6.77. The van der Waals surface area contributed by atoms with Crippen LogP contribution in [0, 0.1) is 0 Å². The molecule has 0 aliphatic carbocycles. The highest BCUT2D eigenvalue weighted by Gasteiger charge is 2.32. The van der Waals surface area contributed by atoms with Gasteiger partial charge in [-0.3, -0.25) is 0 Å². The standard InChI is InChI=1S/C20H33NO3Si/c1-15(2)21(16(3)4)20(23)24-14-13-18(25(5,6)7)19(22)17-11-9-8-10-12-17/h8-16,18-19,22H,1-7H3/b14-13+/t18-,19+/m1/s1. The Bertz CT molecular complexity index is 556. The lowest BCUT2D eigenvalue weighted by molar-refractivity contribution is 0.108. The van der Waals surface area contributed by atoms with Gasteiger partial charge in [-0.15, -0.1) is 0 Å². The van der Waals surface area contributed by atoms with Crippen molar-refractivity contribution in [1.82, 2.24) is 4.90 Å². The van der Waals surface area contributed by atoms with E-state index < -0.39 is 14.2 Å². The van der Waals surface area contributed by atoms with E-state index in [4.69, 9.17) is 4.74 Å². The SMILES string of the molecule is CC(C)N(C(=O)O/C=C/[C@H]([C@@H](O)c1ccccc1)[Si](C)(C)C)C(C)C. The van der Waals surface area contributed by atoms with E-state index in [0.29, 0.717) is 0 Å². The number of hydrogen-bond acceptors (Lipinski definition) is 3. The summed E-state index contributed by atoms with van der Waals surface area (Å²) in [6.07, 6.45) is 2.34. The van der Waals surface area contributed by atoms with Crippen LogP contribution in [-0.2, 0) is 4.74 Å². The summed E-state index contributed by atoms with van der Waals surface area (Å²) in [5.41, 5.74) is 0.839. The maximum absolute atomic E-state index is 12.3. The molecule has 0 aliphatic rings. The lowest BCUT2D eigenvalue weighted by atomic mass is 10.1. The van der Waals surface area contributed by atoms with Gasteiger partial charge in [0.15, 0.2) is 0 Å². The predicted molar refractivity (Wildman–Crippen MR) is 106 cm³/mol. The molecule has 25 heavy (non-hydrogen) atoms. The number of nitrogens with zero attached hydrogens (tertiary/aromatic N) is 1. The monoisotopic (exact) mass is 363 g/mol. The van der Waals surface area contributed by atoms with Gasteiger partial charge in [0.25, 0.3) is 0 Å². The molecule has 2 atom stereocenters. The molecular weight excluding hydrogens is 330 g/mol. The minimum Gasteiger partial charge on any atom is -0.418 e. The number of amides is 1. The van der Waals surface area contributed by atoms with Gasteiger partial charge in [-0.1, -0.05) is 50.0 Å². The van der Waals surface area contributed by atoms with Gasteiger partial charge in [-0.2, -0.15) is 0 Å². The lowest BCUT2D eigenvalue weighted by Crippen LogP contribution is -2.41. The summed E-state index contributed by atoms with van der Waals surface area (Å²) in [6, 6.07) is 9.78. The molecule has 140 valence electrons. The molecular formula is C20H33NO3Si. The molecule has 0 radical (unpaired) electrons.